The lowest BCUT2D eigenvalue weighted by atomic mass is 9.81. The molecule has 6 nitrogen and oxygen atoms in total. The normalized spacial score (nSPS) is 16.3. The van der Waals surface area contributed by atoms with E-state index in [0.29, 0.717) is 41.2 Å². The van der Waals surface area contributed by atoms with Crippen molar-refractivity contribution in [3.63, 3.8) is 0 Å². The Morgan fingerprint density at radius 1 is 1.12 bits per heavy atom. The highest BCUT2D eigenvalue weighted by molar-refractivity contribution is 6.03. The fraction of sp³-hybridized carbons (Fsp3) is 0.368. The van der Waals surface area contributed by atoms with Crippen LogP contribution in [0, 0.1) is 6.92 Å². The first kappa shape index (κ1) is 17.1. The lowest BCUT2D eigenvalue weighted by Gasteiger charge is -2.22. The molecule has 1 aliphatic carbocycles. The molecular formula is C19H20O6. The zero-order valence-corrected chi connectivity index (χ0v) is 14.7. The van der Waals surface area contributed by atoms with Crippen molar-refractivity contribution in [3.8, 4) is 11.5 Å². The topological polar surface area (TPSA) is 75.0 Å². The Morgan fingerprint density at radius 2 is 1.84 bits per heavy atom. The summed E-state index contributed by atoms with van der Waals surface area (Å²) in [5.41, 5.74) is 2.03. The van der Waals surface area contributed by atoms with E-state index in [-0.39, 0.29) is 17.5 Å². The van der Waals surface area contributed by atoms with Crippen LogP contribution in [0.1, 0.15) is 50.1 Å². The van der Waals surface area contributed by atoms with Crippen LogP contribution in [0.4, 0.5) is 0 Å². The summed E-state index contributed by atoms with van der Waals surface area (Å²) in [6, 6.07) is 5.61. The van der Waals surface area contributed by atoms with Crippen molar-refractivity contribution in [1.82, 2.24) is 0 Å². The van der Waals surface area contributed by atoms with Crippen LogP contribution in [0.5, 0.6) is 11.5 Å². The second kappa shape index (κ2) is 6.63. The minimum atomic E-state index is -0.567. The number of ketones is 1. The first-order valence-electron chi connectivity index (χ1n) is 7.95. The number of benzene rings is 1. The SMILES string of the molecule is COC(=O)c1oc2c(c1C)C(=O)C[C@@H](c1ccc(OC)c(OC)c1)C2. The van der Waals surface area contributed by atoms with Gasteiger partial charge in [0.05, 0.1) is 26.9 Å². The molecule has 0 amide bonds. The number of furan rings is 1. The number of carbonyl (C=O) groups excluding carboxylic acids is 2. The van der Waals surface area contributed by atoms with Gasteiger partial charge in [-0.05, 0) is 30.5 Å². The number of Topliss-reactive ketones (excluding diaryl/α,β-unsaturated/α-hetero) is 1. The molecule has 1 aromatic heterocycles. The van der Waals surface area contributed by atoms with E-state index in [0.717, 1.165) is 5.56 Å². The van der Waals surface area contributed by atoms with Gasteiger partial charge in [-0.2, -0.15) is 0 Å². The highest BCUT2D eigenvalue weighted by Gasteiger charge is 2.34. The molecule has 1 atom stereocenters. The molecule has 2 aromatic rings. The third kappa shape index (κ3) is 2.88. The molecule has 1 aromatic carbocycles. The molecule has 25 heavy (non-hydrogen) atoms. The largest absolute Gasteiger partial charge is 0.493 e. The number of fused-ring (bicyclic) bond motifs is 1. The number of ether oxygens (including phenoxy) is 3. The Balaban J connectivity index is 1.96. The Kier molecular flexibility index (Phi) is 4.53. The molecule has 0 spiro atoms. The summed E-state index contributed by atoms with van der Waals surface area (Å²) >= 11 is 0. The number of carbonyl (C=O) groups is 2. The van der Waals surface area contributed by atoms with Gasteiger partial charge >= 0.3 is 5.97 Å². The first-order valence-corrected chi connectivity index (χ1v) is 7.95. The maximum absolute atomic E-state index is 12.6. The molecule has 1 aliphatic rings. The average molecular weight is 344 g/mol. The van der Waals surface area contributed by atoms with E-state index in [1.54, 1.807) is 21.1 Å². The second-order valence-corrected chi connectivity index (χ2v) is 5.99. The lowest BCUT2D eigenvalue weighted by molar-refractivity contribution is 0.0561. The summed E-state index contributed by atoms with van der Waals surface area (Å²) in [7, 11) is 4.44. The van der Waals surface area contributed by atoms with E-state index < -0.39 is 5.97 Å². The molecule has 1 heterocycles. The zero-order valence-electron chi connectivity index (χ0n) is 14.7. The molecule has 3 rings (SSSR count). The van der Waals surface area contributed by atoms with E-state index in [2.05, 4.69) is 0 Å². The Morgan fingerprint density at radius 3 is 2.48 bits per heavy atom. The van der Waals surface area contributed by atoms with E-state index in [1.165, 1.54) is 7.11 Å². The Bertz CT molecular complexity index is 833. The number of methoxy groups -OCH3 is 3. The monoisotopic (exact) mass is 344 g/mol. The van der Waals surface area contributed by atoms with Crippen molar-refractivity contribution in [2.45, 2.75) is 25.7 Å². The fourth-order valence-electron chi connectivity index (χ4n) is 3.33. The van der Waals surface area contributed by atoms with Crippen molar-refractivity contribution in [2.24, 2.45) is 0 Å². The van der Waals surface area contributed by atoms with Crippen molar-refractivity contribution in [1.29, 1.82) is 0 Å². The number of rotatable bonds is 4. The van der Waals surface area contributed by atoms with Gasteiger partial charge in [0.15, 0.2) is 17.3 Å². The van der Waals surface area contributed by atoms with Crippen LogP contribution >= 0.6 is 0 Å². The first-order chi connectivity index (χ1) is 12.0. The van der Waals surface area contributed by atoms with Crippen LogP contribution < -0.4 is 9.47 Å². The van der Waals surface area contributed by atoms with E-state index in [1.807, 2.05) is 18.2 Å². The molecule has 0 radical (unpaired) electrons. The van der Waals surface area contributed by atoms with Crippen molar-refractivity contribution < 1.29 is 28.2 Å². The van der Waals surface area contributed by atoms with Gasteiger partial charge in [0.1, 0.15) is 5.76 Å². The average Bonchev–Trinajstić information content (AvgIpc) is 2.97. The molecule has 0 unspecified atom stereocenters. The standard InChI is InChI=1S/C19H20O6/c1-10-17-13(20)7-12(9-16(17)25-18(10)19(21)24-4)11-5-6-14(22-2)15(8-11)23-3/h5-6,8,12H,7,9H2,1-4H3/t12-/m1/s1. The Hall–Kier alpha value is -2.76. The van der Waals surface area contributed by atoms with Gasteiger partial charge in [-0.15, -0.1) is 0 Å². The van der Waals surface area contributed by atoms with Gasteiger partial charge in [-0.3, -0.25) is 4.79 Å². The molecule has 0 N–H and O–H groups in total. The maximum atomic E-state index is 12.6. The third-order valence-electron chi connectivity index (χ3n) is 4.61. The summed E-state index contributed by atoms with van der Waals surface area (Å²) in [6.45, 7) is 1.71. The molecule has 0 saturated carbocycles. The van der Waals surface area contributed by atoms with Gasteiger partial charge in [0.25, 0.3) is 0 Å². The maximum Gasteiger partial charge on any atom is 0.374 e. The molecule has 6 heteroatoms. The molecule has 132 valence electrons. The summed E-state index contributed by atoms with van der Waals surface area (Å²) in [4.78, 5) is 24.4. The van der Waals surface area contributed by atoms with Crippen LogP contribution in [0.25, 0.3) is 0 Å². The van der Waals surface area contributed by atoms with Gasteiger partial charge in [-0.1, -0.05) is 6.07 Å². The minimum absolute atomic E-state index is 0.0302. The number of hydrogen-bond acceptors (Lipinski definition) is 6. The fourth-order valence-corrected chi connectivity index (χ4v) is 3.33. The number of esters is 1. The smallest absolute Gasteiger partial charge is 0.374 e. The van der Waals surface area contributed by atoms with Crippen LogP contribution in [0.3, 0.4) is 0 Å². The summed E-state index contributed by atoms with van der Waals surface area (Å²) in [5, 5.41) is 0. The Labute approximate surface area is 145 Å². The van der Waals surface area contributed by atoms with Crippen molar-refractivity contribution in [3.05, 3.63) is 46.4 Å². The number of hydrogen-bond donors (Lipinski definition) is 0. The van der Waals surface area contributed by atoms with Gasteiger partial charge in [0, 0.05) is 18.4 Å². The highest BCUT2D eigenvalue weighted by Crippen LogP contribution is 2.39. The van der Waals surface area contributed by atoms with Gasteiger partial charge < -0.3 is 18.6 Å². The van der Waals surface area contributed by atoms with Crippen molar-refractivity contribution >= 4 is 11.8 Å². The second-order valence-electron chi connectivity index (χ2n) is 5.99. The minimum Gasteiger partial charge on any atom is -0.493 e. The lowest BCUT2D eigenvalue weighted by Crippen LogP contribution is -2.18. The predicted molar refractivity (Wildman–Crippen MR) is 89.7 cm³/mol. The molecule has 0 aliphatic heterocycles. The van der Waals surface area contributed by atoms with E-state index in [4.69, 9.17) is 18.6 Å². The zero-order chi connectivity index (χ0) is 18.1. The molecule has 0 fully saturated rings. The molecular weight excluding hydrogens is 324 g/mol. The van der Waals surface area contributed by atoms with E-state index >= 15 is 0 Å². The highest BCUT2D eigenvalue weighted by atomic mass is 16.5. The van der Waals surface area contributed by atoms with Crippen LogP contribution in [0.2, 0.25) is 0 Å². The van der Waals surface area contributed by atoms with Crippen LogP contribution in [0.15, 0.2) is 22.6 Å². The van der Waals surface area contributed by atoms with Gasteiger partial charge in [0.2, 0.25) is 5.76 Å². The quantitative estimate of drug-likeness (QED) is 0.792. The van der Waals surface area contributed by atoms with Crippen LogP contribution in [-0.2, 0) is 11.2 Å². The van der Waals surface area contributed by atoms with E-state index in [9.17, 15) is 9.59 Å². The summed E-state index contributed by atoms with van der Waals surface area (Å²) in [6.07, 6.45) is 0.887. The van der Waals surface area contributed by atoms with Gasteiger partial charge in [-0.25, -0.2) is 4.79 Å². The molecule has 0 saturated heterocycles. The van der Waals surface area contributed by atoms with Crippen LogP contribution in [-0.4, -0.2) is 33.1 Å². The summed E-state index contributed by atoms with van der Waals surface area (Å²) in [5.74, 6) is 1.25. The summed E-state index contributed by atoms with van der Waals surface area (Å²) < 4.78 is 21.0. The third-order valence-corrected chi connectivity index (χ3v) is 4.61. The molecule has 0 bridgehead atoms. The predicted octanol–water partition coefficient (Wildman–Crippen LogP) is 3.30. The van der Waals surface area contributed by atoms with Crippen molar-refractivity contribution in [2.75, 3.05) is 21.3 Å².